The van der Waals surface area contributed by atoms with Crippen LogP contribution in [0.15, 0.2) is 0 Å². The summed E-state index contributed by atoms with van der Waals surface area (Å²) in [5.41, 5.74) is 0. The molecular weight excluding hydrogens is 204 g/mol. The Morgan fingerprint density at radius 3 is 2.69 bits per heavy atom. The number of halogens is 1. The smallest absolute Gasteiger partial charge is 0.0285 e. The van der Waals surface area contributed by atoms with Crippen LogP contribution in [0.25, 0.3) is 0 Å². The monoisotopic (exact) mass is 222 g/mol. The molecule has 2 fully saturated rings. The summed E-state index contributed by atoms with van der Waals surface area (Å²) in [5.74, 6) is 2.62. The summed E-state index contributed by atoms with van der Waals surface area (Å²) < 4.78 is 0. The van der Waals surface area contributed by atoms with E-state index in [0.29, 0.717) is 0 Å². The van der Waals surface area contributed by atoms with Crippen molar-refractivity contribution < 1.29 is 0 Å². The summed E-state index contributed by atoms with van der Waals surface area (Å²) in [4.78, 5) is 2.60. The summed E-state index contributed by atoms with van der Waals surface area (Å²) in [6, 6.07) is 0.766. The lowest BCUT2D eigenvalue weighted by molar-refractivity contribution is 0.301. The topological polar surface area (TPSA) is 15.3 Å². The highest BCUT2D eigenvalue weighted by atomic mass is 35.5. The van der Waals surface area contributed by atoms with Crippen LogP contribution in [0.5, 0.6) is 0 Å². The summed E-state index contributed by atoms with van der Waals surface area (Å²) in [6.45, 7) is 5.17. The second-order valence-corrected chi connectivity index (χ2v) is 4.88. The van der Waals surface area contributed by atoms with Crippen molar-refractivity contribution in [1.29, 1.82) is 0 Å². The van der Waals surface area contributed by atoms with E-state index < -0.39 is 0 Å². The van der Waals surface area contributed by atoms with E-state index in [1.807, 2.05) is 0 Å². The van der Waals surface area contributed by atoms with Gasteiger partial charge in [-0.15, -0.1) is 12.4 Å². The molecule has 2 saturated heterocycles. The lowest BCUT2D eigenvalue weighted by Gasteiger charge is -2.27. The molecule has 2 nitrogen and oxygen atoms in total. The van der Waals surface area contributed by atoms with Gasteiger partial charge in [0.05, 0.1) is 0 Å². The molecule has 0 spiro atoms. The van der Waals surface area contributed by atoms with Crippen molar-refractivity contribution in [3.63, 3.8) is 0 Å². The van der Waals surface area contributed by atoms with Gasteiger partial charge < -0.3 is 10.2 Å². The molecule has 4 heteroatoms. The fraction of sp³-hybridized carbons (Fsp3) is 1.00. The van der Waals surface area contributed by atoms with Crippen LogP contribution in [0, 0.1) is 0 Å². The molecule has 1 N–H and O–H groups in total. The van der Waals surface area contributed by atoms with Gasteiger partial charge in [0.2, 0.25) is 0 Å². The Hall–Kier alpha value is 0.560. The van der Waals surface area contributed by atoms with Crippen LogP contribution in [0.3, 0.4) is 0 Å². The Morgan fingerprint density at radius 2 is 2.08 bits per heavy atom. The van der Waals surface area contributed by atoms with Crippen molar-refractivity contribution in [2.75, 3.05) is 37.7 Å². The number of nitrogens with one attached hydrogen (secondary N) is 1. The number of hydrogen-bond donors (Lipinski definition) is 1. The lowest BCUT2D eigenvalue weighted by atomic mass is 10.3. The highest BCUT2D eigenvalue weighted by Gasteiger charge is 2.18. The first-order chi connectivity index (χ1) is 5.95. The minimum absolute atomic E-state index is 0. The Kier molecular flexibility index (Phi) is 5.48. The molecule has 0 aromatic heterocycles. The van der Waals surface area contributed by atoms with Crippen LogP contribution in [0.1, 0.15) is 12.8 Å². The fourth-order valence-corrected chi connectivity index (χ4v) is 2.95. The predicted octanol–water partition coefficient (Wildman–Crippen LogP) is 1.21. The molecule has 0 aliphatic carbocycles. The van der Waals surface area contributed by atoms with Crippen LogP contribution in [0.4, 0.5) is 0 Å². The first-order valence-electron chi connectivity index (χ1n) is 4.98. The summed E-state index contributed by atoms with van der Waals surface area (Å²) in [5, 5.41) is 3.58. The third-order valence-corrected chi connectivity index (χ3v) is 3.81. The molecule has 1 atom stereocenters. The summed E-state index contributed by atoms with van der Waals surface area (Å²) in [6.07, 6.45) is 2.83. The lowest BCUT2D eigenvalue weighted by Crippen LogP contribution is -2.45. The SMILES string of the molecule is C1CCN(C[C@H]2CSCCN2)C1.Cl. The van der Waals surface area contributed by atoms with Crippen molar-refractivity contribution in [1.82, 2.24) is 10.2 Å². The molecule has 2 aliphatic heterocycles. The van der Waals surface area contributed by atoms with Gasteiger partial charge in [-0.05, 0) is 25.9 Å². The zero-order valence-electron chi connectivity index (χ0n) is 8.00. The van der Waals surface area contributed by atoms with Crippen molar-refractivity contribution >= 4 is 24.2 Å². The van der Waals surface area contributed by atoms with Gasteiger partial charge in [0, 0.05) is 30.6 Å². The average Bonchev–Trinajstić information content (AvgIpc) is 2.59. The van der Waals surface area contributed by atoms with Crippen molar-refractivity contribution in [2.45, 2.75) is 18.9 Å². The maximum absolute atomic E-state index is 3.58. The van der Waals surface area contributed by atoms with Gasteiger partial charge in [0.25, 0.3) is 0 Å². The van der Waals surface area contributed by atoms with Gasteiger partial charge in [0.1, 0.15) is 0 Å². The fourth-order valence-electron chi connectivity index (χ4n) is 2.01. The van der Waals surface area contributed by atoms with E-state index in [4.69, 9.17) is 0 Å². The van der Waals surface area contributed by atoms with E-state index in [2.05, 4.69) is 22.0 Å². The molecule has 78 valence electrons. The predicted molar refractivity (Wildman–Crippen MR) is 62.0 cm³/mol. The Bertz CT molecular complexity index is 134. The van der Waals surface area contributed by atoms with Crippen LogP contribution >= 0.6 is 24.2 Å². The van der Waals surface area contributed by atoms with Crippen LogP contribution in [0.2, 0.25) is 0 Å². The zero-order chi connectivity index (χ0) is 8.23. The maximum atomic E-state index is 3.58. The van der Waals surface area contributed by atoms with Gasteiger partial charge >= 0.3 is 0 Å². The maximum Gasteiger partial charge on any atom is 0.0285 e. The van der Waals surface area contributed by atoms with E-state index in [-0.39, 0.29) is 12.4 Å². The van der Waals surface area contributed by atoms with Gasteiger partial charge in [-0.2, -0.15) is 11.8 Å². The standard InChI is InChI=1S/C9H18N2S.ClH/c1-2-5-11(4-1)7-9-8-12-6-3-10-9;/h9-10H,1-8H2;1H/t9-;/m0./s1. The number of thioether (sulfide) groups is 1. The van der Waals surface area contributed by atoms with E-state index >= 15 is 0 Å². The van der Waals surface area contributed by atoms with Crippen LogP contribution in [-0.2, 0) is 0 Å². The Morgan fingerprint density at radius 1 is 1.31 bits per heavy atom. The van der Waals surface area contributed by atoms with Gasteiger partial charge in [0.15, 0.2) is 0 Å². The minimum Gasteiger partial charge on any atom is -0.311 e. The Balaban J connectivity index is 0.000000845. The third-order valence-electron chi connectivity index (χ3n) is 2.68. The van der Waals surface area contributed by atoms with Crippen LogP contribution in [-0.4, -0.2) is 48.6 Å². The first-order valence-corrected chi connectivity index (χ1v) is 6.14. The highest BCUT2D eigenvalue weighted by molar-refractivity contribution is 7.99. The van der Waals surface area contributed by atoms with E-state index in [0.717, 1.165) is 6.04 Å². The van der Waals surface area contributed by atoms with E-state index in [1.54, 1.807) is 0 Å². The van der Waals surface area contributed by atoms with E-state index in [1.165, 1.54) is 50.5 Å². The summed E-state index contributed by atoms with van der Waals surface area (Å²) in [7, 11) is 0. The molecular formula is C9H19ClN2S. The molecule has 0 aromatic carbocycles. The molecule has 0 aromatic rings. The first kappa shape index (κ1) is 11.6. The number of nitrogens with zero attached hydrogens (tertiary/aromatic N) is 1. The molecule has 0 unspecified atom stereocenters. The molecule has 0 bridgehead atoms. The van der Waals surface area contributed by atoms with Crippen LogP contribution < -0.4 is 5.32 Å². The molecule has 2 rings (SSSR count). The third kappa shape index (κ3) is 3.66. The molecule has 0 saturated carbocycles. The second-order valence-electron chi connectivity index (χ2n) is 3.73. The van der Waals surface area contributed by atoms with Crippen molar-refractivity contribution in [3.05, 3.63) is 0 Å². The van der Waals surface area contributed by atoms with E-state index in [9.17, 15) is 0 Å². The normalized spacial score (nSPS) is 30.0. The van der Waals surface area contributed by atoms with Crippen molar-refractivity contribution in [2.24, 2.45) is 0 Å². The zero-order valence-corrected chi connectivity index (χ0v) is 9.63. The summed E-state index contributed by atoms with van der Waals surface area (Å²) >= 11 is 2.10. The molecule has 0 amide bonds. The number of hydrogen-bond acceptors (Lipinski definition) is 3. The molecule has 0 radical (unpaired) electrons. The van der Waals surface area contributed by atoms with Crippen molar-refractivity contribution in [3.8, 4) is 0 Å². The molecule has 2 aliphatic rings. The molecule has 13 heavy (non-hydrogen) atoms. The van der Waals surface area contributed by atoms with Gasteiger partial charge in [-0.3, -0.25) is 0 Å². The Labute approximate surface area is 91.2 Å². The second kappa shape index (κ2) is 6.12. The quantitative estimate of drug-likeness (QED) is 0.756. The number of likely N-dealkylation sites (tertiary alicyclic amines) is 1. The molecule has 2 heterocycles. The largest absolute Gasteiger partial charge is 0.311 e. The van der Waals surface area contributed by atoms with Gasteiger partial charge in [-0.1, -0.05) is 0 Å². The van der Waals surface area contributed by atoms with Gasteiger partial charge in [-0.25, -0.2) is 0 Å². The average molecular weight is 223 g/mol. The minimum atomic E-state index is 0. The number of rotatable bonds is 2. The highest BCUT2D eigenvalue weighted by Crippen LogP contribution is 2.12.